The molecule has 35 heavy (non-hydrogen) atoms. The lowest BCUT2D eigenvalue weighted by atomic mass is 10.0. The van der Waals surface area contributed by atoms with Gasteiger partial charge in [0.2, 0.25) is 0 Å². The fourth-order valence-corrected chi connectivity index (χ4v) is 3.62. The number of nitrogens with one attached hydrogen (secondary N) is 1. The van der Waals surface area contributed by atoms with Crippen LogP contribution in [0.5, 0.6) is 0 Å². The van der Waals surface area contributed by atoms with Gasteiger partial charge in [-0.25, -0.2) is 14.2 Å². The normalized spacial score (nSPS) is 11.0. The largest absolute Gasteiger partial charge is 0.460 e. The van der Waals surface area contributed by atoms with Crippen molar-refractivity contribution >= 4 is 11.8 Å². The SMILES string of the molecule is Cc1ccc(-c2nc(NC(=O)N(C)Cc3ccccn3)c(F)cc2-c2ccc(=O)n(C(C)C)c2)o1. The van der Waals surface area contributed by atoms with Crippen LogP contribution in [-0.2, 0) is 6.54 Å². The zero-order valence-corrected chi connectivity index (χ0v) is 19.9. The first-order valence-corrected chi connectivity index (χ1v) is 11.1. The van der Waals surface area contributed by atoms with Gasteiger partial charge in [0.05, 0.1) is 12.2 Å². The third-order valence-electron chi connectivity index (χ3n) is 5.45. The Hall–Kier alpha value is -4.27. The van der Waals surface area contributed by atoms with Crippen LogP contribution in [0.25, 0.3) is 22.6 Å². The first-order valence-electron chi connectivity index (χ1n) is 11.1. The highest BCUT2D eigenvalue weighted by Gasteiger charge is 2.21. The summed E-state index contributed by atoms with van der Waals surface area (Å²) in [5.74, 6) is 0.129. The smallest absolute Gasteiger partial charge is 0.323 e. The van der Waals surface area contributed by atoms with Crippen molar-refractivity contribution in [2.45, 2.75) is 33.4 Å². The molecule has 4 aromatic heterocycles. The maximum absolute atomic E-state index is 15.2. The molecule has 8 nitrogen and oxygen atoms in total. The fraction of sp³-hybridized carbons (Fsp3) is 0.231. The Morgan fingerprint density at radius 3 is 2.66 bits per heavy atom. The molecular formula is C26H26FN5O3. The number of furan rings is 1. The minimum atomic E-state index is -0.714. The van der Waals surface area contributed by atoms with Crippen molar-refractivity contribution in [3.63, 3.8) is 0 Å². The van der Waals surface area contributed by atoms with Gasteiger partial charge in [0, 0.05) is 42.7 Å². The molecule has 9 heteroatoms. The summed E-state index contributed by atoms with van der Waals surface area (Å²) in [5.41, 5.74) is 1.91. The van der Waals surface area contributed by atoms with Crippen LogP contribution in [0.15, 0.2) is 70.1 Å². The van der Waals surface area contributed by atoms with Crippen LogP contribution < -0.4 is 10.9 Å². The summed E-state index contributed by atoms with van der Waals surface area (Å²) in [6, 6.07) is 12.7. The van der Waals surface area contributed by atoms with E-state index in [1.807, 2.05) is 19.9 Å². The third kappa shape index (κ3) is 5.29. The summed E-state index contributed by atoms with van der Waals surface area (Å²) in [4.78, 5) is 35.0. The van der Waals surface area contributed by atoms with Gasteiger partial charge in [0.1, 0.15) is 11.5 Å². The average molecular weight is 476 g/mol. The number of aromatic nitrogens is 3. The molecule has 0 radical (unpaired) electrons. The standard InChI is InChI=1S/C26H26FN5O3/c1-16(2)32-14-18(9-11-23(32)33)20-13-21(27)25(29-24(20)22-10-8-17(3)35-22)30-26(34)31(4)15-19-7-5-6-12-28-19/h5-14,16H,15H2,1-4H3,(H,29,30,34). The number of pyridine rings is 3. The number of amides is 2. The number of urea groups is 1. The Labute approximate surface area is 202 Å². The number of carbonyl (C=O) groups is 1. The first kappa shape index (κ1) is 23.9. The van der Waals surface area contributed by atoms with E-state index in [-0.39, 0.29) is 24.0 Å². The fourth-order valence-electron chi connectivity index (χ4n) is 3.62. The molecule has 1 N–H and O–H groups in total. The van der Waals surface area contributed by atoms with Crippen LogP contribution in [-0.4, -0.2) is 32.5 Å². The van der Waals surface area contributed by atoms with Crippen LogP contribution in [0.2, 0.25) is 0 Å². The molecule has 0 saturated heterocycles. The first-order chi connectivity index (χ1) is 16.7. The molecule has 2 amide bonds. The molecule has 180 valence electrons. The molecule has 0 bridgehead atoms. The average Bonchev–Trinajstić information content (AvgIpc) is 3.27. The van der Waals surface area contributed by atoms with Gasteiger partial charge in [0.25, 0.3) is 5.56 Å². The van der Waals surface area contributed by atoms with E-state index in [9.17, 15) is 9.59 Å². The van der Waals surface area contributed by atoms with E-state index in [2.05, 4.69) is 15.3 Å². The molecule has 0 unspecified atom stereocenters. The van der Waals surface area contributed by atoms with E-state index < -0.39 is 11.8 Å². The van der Waals surface area contributed by atoms with Crippen molar-refractivity contribution in [1.82, 2.24) is 19.4 Å². The van der Waals surface area contributed by atoms with Crippen molar-refractivity contribution in [1.29, 1.82) is 0 Å². The lowest BCUT2D eigenvalue weighted by Gasteiger charge is -2.18. The van der Waals surface area contributed by atoms with E-state index in [4.69, 9.17) is 4.42 Å². The van der Waals surface area contributed by atoms with Crippen molar-refractivity contribution in [2.75, 3.05) is 12.4 Å². The molecule has 0 fully saturated rings. The van der Waals surface area contributed by atoms with Crippen molar-refractivity contribution in [3.8, 4) is 22.6 Å². The number of rotatable bonds is 6. The lowest BCUT2D eigenvalue weighted by Crippen LogP contribution is -2.31. The number of anilines is 1. The summed E-state index contributed by atoms with van der Waals surface area (Å²) in [7, 11) is 1.59. The summed E-state index contributed by atoms with van der Waals surface area (Å²) >= 11 is 0. The minimum absolute atomic E-state index is 0.0808. The van der Waals surface area contributed by atoms with Gasteiger partial charge in [-0.2, -0.15) is 0 Å². The van der Waals surface area contributed by atoms with Gasteiger partial charge in [0.15, 0.2) is 17.4 Å². The van der Waals surface area contributed by atoms with Crippen molar-refractivity contribution in [3.05, 3.63) is 88.5 Å². The summed E-state index contributed by atoms with van der Waals surface area (Å²) in [6.45, 7) is 5.82. The van der Waals surface area contributed by atoms with Gasteiger partial charge in [-0.15, -0.1) is 0 Å². The van der Waals surface area contributed by atoms with Gasteiger partial charge in [-0.05, 0) is 57.2 Å². The van der Waals surface area contributed by atoms with Gasteiger partial charge < -0.3 is 13.9 Å². The molecule has 4 aromatic rings. The zero-order valence-electron chi connectivity index (χ0n) is 19.9. The van der Waals surface area contributed by atoms with E-state index in [1.54, 1.807) is 61.3 Å². The Balaban J connectivity index is 1.72. The molecule has 0 aliphatic rings. The zero-order chi connectivity index (χ0) is 25.1. The van der Waals surface area contributed by atoms with Crippen LogP contribution >= 0.6 is 0 Å². The molecule has 0 aliphatic carbocycles. The Bertz CT molecular complexity index is 1410. The van der Waals surface area contributed by atoms with Gasteiger partial charge in [-0.3, -0.25) is 15.1 Å². The predicted octanol–water partition coefficient (Wildman–Crippen LogP) is 5.26. The minimum Gasteiger partial charge on any atom is -0.460 e. The molecule has 0 aliphatic heterocycles. The topological polar surface area (TPSA) is 93.3 Å². The van der Waals surface area contributed by atoms with E-state index in [0.717, 1.165) is 0 Å². The number of carbonyl (C=O) groups excluding carboxylic acids is 1. The number of hydrogen-bond donors (Lipinski definition) is 1. The van der Waals surface area contributed by atoms with Crippen molar-refractivity contribution < 1.29 is 13.6 Å². The third-order valence-corrected chi connectivity index (χ3v) is 5.45. The van der Waals surface area contributed by atoms with E-state index in [1.165, 1.54) is 17.0 Å². The Morgan fingerprint density at radius 1 is 1.20 bits per heavy atom. The Kier molecular flexibility index (Phi) is 6.77. The van der Waals surface area contributed by atoms with Gasteiger partial charge in [-0.1, -0.05) is 6.07 Å². The highest BCUT2D eigenvalue weighted by Crippen LogP contribution is 2.34. The number of halogens is 1. The molecule has 0 aromatic carbocycles. The second-order valence-corrected chi connectivity index (χ2v) is 8.49. The maximum Gasteiger partial charge on any atom is 0.323 e. The van der Waals surface area contributed by atoms with Crippen LogP contribution in [0.3, 0.4) is 0 Å². The number of nitrogens with zero attached hydrogens (tertiary/aromatic N) is 4. The van der Waals surface area contributed by atoms with Gasteiger partial charge >= 0.3 is 6.03 Å². The monoisotopic (exact) mass is 475 g/mol. The summed E-state index contributed by atoms with van der Waals surface area (Å²) in [5, 5.41) is 2.54. The predicted molar refractivity (Wildman–Crippen MR) is 131 cm³/mol. The molecule has 0 atom stereocenters. The van der Waals surface area contributed by atoms with E-state index >= 15 is 4.39 Å². The maximum atomic E-state index is 15.2. The number of aryl methyl sites for hydroxylation is 1. The Morgan fingerprint density at radius 2 is 2.00 bits per heavy atom. The molecule has 4 heterocycles. The summed E-state index contributed by atoms with van der Waals surface area (Å²) < 4.78 is 22.6. The molecule has 4 rings (SSSR count). The van der Waals surface area contributed by atoms with Crippen LogP contribution in [0.4, 0.5) is 15.0 Å². The molecule has 0 saturated carbocycles. The number of hydrogen-bond acceptors (Lipinski definition) is 5. The second-order valence-electron chi connectivity index (χ2n) is 8.49. The second kappa shape index (κ2) is 9.92. The summed E-state index contributed by atoms with van der Waals surface area (Å²) in [6.07, 6.45) is 3.31. The quantitative estimate of drug-likeness (QED) is 0.411. The molecular weight excluding hydrogens is 449 g/mol. The lowest BCUT2D eigenvalue weighted by molar-refractivity contribution is 0.220. The van der Waals surface area contributed by atoms with Crippen molar-refractivity contribution in [2.24, 2.45) is 0 Å². The molecule has 0 spiro atoms. The van der Waals surface area contributed by atoms with Crippen LogP contribution in [0, 0.1) is 12.7 Å². The highest BCUT2D eigenvalue weighted by molar-refractivity contribution is 5.89. The van der Waals surface area contributed by atoms with Crippen LogP contribution in [0.1, 0.15) is 31.3 Å². The highest BCUT2D eigenvalue weighted by atomic mass is 19.1. The van der Waals surface area contributed by atoms with E-state index in [0.29, 0.717) is 34.0 Å².